The Labute approximate surface area is 137 Å². The summed E-state index contributed by atoms with van der Waals surface area (Å²) in [7, 11) is 1.48. The number of amides is 1. The summed E-state index contributed by atoms with van der Waals surface area (Å²) in [6, 6.07) is 4.24. The van der Waals surface area contributed by atoms with Crippen molar-refractivity contribution in [3.05, 3.63) is 47.9 Å². The Hall–Kier alpha value is -3.03. The van der Waals surface area contributed by atoms with Crippen molar-refractivity contribution in [1.82, 2.24) is 25.3 Å². The van der Waals surface area contributed by atoms with Gasteiger partial charge in [0.05, 0.1) is 13.4 Å². The molecule has 2 aromatic heterocycles. The number of imidazole rings is 1. The smallest absolute Gasteiger partial charge is 0.272 e. The van der Waals surface area contributed by atoms with E-state index in [9.17, 15) is 9.18 Å². The lowest BCUT2D eigenvalue weighted by molar-refractivity contribution is 0.0936. The van der Waals surface area contributed by atoms with Gasteiger partial charge in [-0.1, -0.05) is 0 Å². The third-order valence-corrected chi connectivity index (χ3v) is 3.52. The predicted octanol–water partition coefficient (Wildman–Crippen LogP) is 1.86. The minimum absolute atomic E-state index is 0.223. The van der Waals surface area contributed by atoms with Crippen LogP contribution in [0.1, 0.15) is 23.0 Å². The number of halogens is 1. The number of nitrogens with zero attached hydrogens (tertiary/aromatic N) is 3. The monoisotopic (exact) mass is 329 g/mol. The summed E-state index contributed by atoms with van der Waals surface area (Å²) < 4.78 is 18.6. The van der Waals surface area contributed by atoms with Crippen LogP contribution in [0.25, 0.3) is 11.2 Å². The summed E-state index contributed by atoms with van der Waals surface area (Å²) in [5.74, 6) is -0.279. The molecule has 3 aromatic rings. The van der Waals surface area contributed by atoms with Gasteiger partial charge in [0.1, 0.15) is 23.4 Å². The quantitative estimate of drug-likeness (QED) is 0.745. The van der Waals surface area contributed by atoms with E-state index in [0.29, 0.717) is 23.3 Å². The Morgan fingerprint density at radius 2 is 2.17 bits per heavy atom. The first-order valence-corrected chi connectivity index (χ1v) is 7.35. The molecule has 0 saturated carbocycles. The van der Waals surface area contributed by atoms with Crippen molar-refractivity contribution in [3.63, 3.8) is 0 Å². The number of hydrogen-bond acceptors (Lipinski definition) is 5. The van der Waals surface area contributed by atoms with E-state index in [-0.39, 0.29) is 23.5 Å². The van der Waals surface area contributed by atoms with Crippen LogP contribution >= 0.6 is 0 Å². The van der Waals surface area contributed by atoms with Gasteiger partial charge in [0.2, 0.25) is 0 Å². The predicted molar refractivity (Wildman–Crippen MR) is 85.3 cm³/mol. The molecule has 8 heteroatoms. The first-order chi connectivity index (χ1) is 11.6. The van der Waals surface area contributed by atoms with Crippen molar-refractivity contribution in [2.24, 2.45) is 0 Å². The number of hydrogen-bond donors (Lipinski definition) is 2. The van der Waals surface area contributed by atoms with Crippen LogP contribution in [0.3, 0.4) is 0 Å². The van der Waals surface area contributed by atoms with Crippen LogP contribution in [0.15, 0.2) is 30.9 Å². The molecule has 3 rings (SSSR count). The van der Waals surface area contributed by atoms with Gasteiger partial charge in [-0.15, -0.1) is 0 Å². The van der Waals surface area contributed by atoms with Crippen molar-refractivity contribution in [2.45, 2.75) is 19.4 Å². The van der Waals surface area contributed by atoms with E-state index in [4.69, 9.17) is 4.74 Å². The Kier molecular flexibility index (Phi) is 4.37. The van der Waals surface area contributed by atoms with Crippen LogP contribution in [0.2, 0.25) is 0 Å². The molecule has 1 unspecified atom stereocenters. The Morgan fingerprint density at radius 1 is 1.33 bits per heavy atom. The second kappa shape index (κ2) is 6.61. The van der Waals surface area contributed by atoms with E-state index in [1.807, 2.05) is 6.92 Å². The summed E-state index contributed by atoms with van der Waals surface area (Å²) >= 11 is 0. The molecule has 0 aliphatic rings. The van der Waals surface area contributed by atoms with E-state index in [1.165, 1.54) is 31.9 Å². The molecule has 7 nitrogen and oxygen atoms in total. The number of methoxy groups -OCH3 is 1. The van der Waals surface area contributed by atoms with E-state index in [1.54, 1.807) is 6.07 Å². The number of carbonyl (C=O) groups excluding carboxylic acids is 1. The summed E-state index contributed by atoms with van der Waals surface area (Å²) in [5, 5.41) is 2.84. The van der Waals surface area contributed by atoms with Gasteiger partial charge >= 0.3 is 0 Å². The van der Waals surface area contributed by atoms with Crippen LogP contribution in [-0.2, 0) is 6.42 Å². The zero-order valence-electron chi connectivity index (χ0n) is 13.2. The number of carbonyl (C=O) groups is 1. The number of aromatic amines is 1. The number of ether oxygens (including phenoxy) is 1. The summed E-state index contributed by atoms with van der Waals surface area (Å²) in [5.41, 5.74) is 1.86. The van der Waals surface area contributed by atoms with Crippen molar-refractivity contribution in [2.75, 3.05) is 7.11 Å². The molecular weight excluding hydrogens is 313 g/mol. The van der Waals surface area contributed by atoms with E-state index in [2.05, 4.69) is 25.3 Å². The molecule has 0 aliphatic heterocycles. The fourth-order valence-corrected chi connectivity index (χ4v) is 2.49. The van der Waals surface area contributed by atoms with Gasteiger partial charge in [0.15, 0.2) is 11.3 Å². The number of aromatic nitrogens is 4. The van der Waals surface area contributed by atoms with Gasteiger partial charge in [0, 0.05) is 12.1 Å². The average molecular weight is 329 g/mol. The maximum atomic E-state index is 13.5. The molecule has 0 spiro atoms. The number of nitrogens with one attached hydrogen (secondary N) is 2. The maximum Gasteiger partial charge on any atom is 0.272 e. The molecule has 2 N–H and O–H groups in total. The third-order valence-electron chi connectivity index (χ3n) is 3.52. The van der Waals surface area contributed by atoms with E-state index >= 15 is 0 Å². The first-order valence-electron chi connectivity index (χ1n) is 7.35. The Balaban J connectivity index is 1.73. The van der Waals surface area contributed by atoms with Gasteiger partial charge in [-0.3, -0.25) is 4.79 Å². The fourth-order valence-electron chi connectivity index (χ4n) is 2.49. The standard InChI is InChI=1S/C16H16FN5O2/c1-9(3-10-4-11(17)6-12(5-10)24-2)22-16(23)14-13-15(20-7-18-13)21-8-19-14/h4-9H,3H2,1-2H3,(H,22,23)(H,18,19,20,21). The molecule has 1 amide bonds. The molecule has 24 heavy (non-hydrogen) atoms. The molecule has 0 saturated heterocycles. The van der Waals surface area contributed by atoms with Crippen molar-refractivity contribution in [3.8, 4) is 5.75 Å². The zero-order valence-corrected chi connectivity index (χ0v) is 13.2. The second-order valence-electron chi connectivity index (χ2n) is 5.40. The molecule has 124 valence electrons. The lowest BCUT2D eigenvalue weighted by atomic mass is 10.1. The molecule has 2 heterocycles. The van der Waals surface area contributed by atoms with Crippen LogP contribution < -0.4 is 10.1 Å². The first kappa shape index (κ1) is 15.9. The van der Waals surface area contributed by atoms with Gasteiger partial charge in [0.25, 0.3) is 5.91 Å². The summed E-state index contributed by atoms with van der Waals surface area (Å²) in [4.78, 5) is 27.2. The van der Waals surface area contributed by atoms with E-state index < -0.39 is 0 Å². The van der Waals surface area contributed by atoms with Gasteiger partial charge in [-0.25, -0.2) is 19.3 Å². The Bertz CT molecular complexity index is 880. The molecule has 0 fully saturated rings. The van der Waals surface area contributed by atoms with Crippen LogP contribution in [0.5, 0.6) is 5.75 Å². The highest BCUT2D eigenvalue weighted by Gasteiger charge is 2.16. The summed E-state index contributed by atoms with van der Waals surface area (Å²) in [6.45, 7) is 1.83. The van der Waals surface area contributed by atoms with Crippen molar-refractivity contribution >= 4 is 17.1 Å². The largest absolute Gasteiger partial charge is 0.497 e. The van der Waals surface area contributed by atoms with Crippen LogP contribution in [0, 0.1) is 5.82 Å². The minimum Gasteiger partial charge on any atom is -0.497 e. The number of benzene rings is 1. The van der Waals surface area contributed by atoms with Crippen molar-refractivity contribution < 1.29 is 13.9 Å². The highest BCUT2D eigenvalue weighted by Crippen LogP contribution is 2.17. The summed E-state index contributed by atoms with van der Waals surface area (Å²) in [6.07, 6.45) is 3.20. The normalized spacial score (nSPS) is 12.1. The average Bonchev–Trinajstić information content (AvgIpc) is 3.02. The number of fused-ring (bicyclic) bond motifs is 1. The second-order valence-corrected chi connectivity index (χ2v) is 5.40. The third kappa shape index (κ3) is 3.32. The molecule has 0 radical (unpaired) electrons. The topological polar surface area (TPSA) is 92.8 Å². The van der Waals surface area contributed by atoms with Gasteiger partial charge < -0.3 is 15.0 Å². The molecule has 1 aromatic carbocycles. The fraction of sp³-hybridized carbons (Fsp3) is 0.250. The number of H-pyrrole nitrogens is 1. The van der Waals surface area contributed by atoms with Crippen molar-refractivity contribution in [1.29, 1.82) is 0 Å². The molecule has 0 aliphatic carbocycles. The van der Waals surface area contributed by atoms with Gasteiger partial charge in [-0.2, -0.15) is 0 Å². The molecule has 0 bridgehead atoms. The van der Waals surface area contributed by atoms with E-state index in [0.717, 1.165) is 5.56 Å². The zero-order chi connectivity index (χ0) is 17.1. The minimum atomic E-state index is -0.377. The number of rotatable bonds is 5. The van der Waals surface area contributed by atoms with Crippen LogP contribution in [0.4, 0.5) is 4.39 Å². The highest BCUT2D eigenvalue weighted by atomic mass is 19.1. The lowest BCUT2D eigenvalue weighted by Crippen LogP contribution is -2.34. The maximum absolute atomic E-state index is 13.5. The van der Waals surface area contributed by atoms with Gasteiger partial charge in [-0.05, 0) is 31.0 Å². The molecule has 1 atom stereocenters. The van der Waals surface area contributed by atoms with Crippen LogP contribution in [-0.4, -0.2) is 39.0 Å². The highest BCUT2D eigenvalue weighted by molar-refractivity contribution is 6.02. The Morgan fingerprint density at radius 3 is 2.96 bits per heavy atom. The SMILES string of the molecule is COc1cc(F)cc(CC(C)NC(=O)c2ncnc3nc[nH]c23)c1. The molecular formula is C16H16FN5O2. The lowest BCUT2D eigenvalue weighted by Gasteiger charge is -2.14.